The number of para-hydroxylation sites is 1. The summed E-state index contributed by atoms with van der Waals surface area (Å²) in [6.07, 6.45) is 5.98. The minimum absolute atomic E-state index is 0.0283. The summed E-state index contributed by atoms with van der Waals surface area (Å²) in [5, 5.41) is 0. The van der Waals surface area contributed by atoms with E-state index in [1.54, 1.807) is 0 Å². The standard InChI is InChI=1S/C22H28O3S2/c1-2-24-14-21-16-8-4-5-9-17(16)22(26-11-12-27-22)13-18(21)15-7-3-6-10-19(15)25-20(21)23/h3,6-7,10,16-18H,2,4-5,8-9,11-14H2,1H3. The molecule has 0 radical (unpaired) electrons. The summed E-state index contributed by atoms with van der Waals surface area (Å²) >= 11 is 4.35. The highest BCUT2D eigenvalue weighted by molar-refractivity contribution is 8.21. The molecule has 0 bridgehead atoms. The summed E-state index contributed by atoms with van der Waals surface area (Å²) in [5.74, 6) is 4.40. The van der Waals surface area contributed by atoms with Crippen molar-refractivity contribution < 1.29 is 14.3 Å². The third-order valence-corrected chi connectivity index (χ3v) is 11.0. The Morgan fingerprint density at radius 3 is 2.67 bits per heavy atom. The predicted octanol–water partition coefficient (Wildman–Crippen LogP) is 5.10. The molecule has 146 valence electrons. The average Bonchev–Trinajstić information content (AvgIpc) is 3.17. The van der Waals surface area contributed by atoms with Gasteiger partial charge in [-0.15, -0.1) is 23.5 Å². The number of carbonyl (C=O) groups excluding carboxylic acids is 1. The Morgan fingerprint density at radius 1 is 1.15 bits per heavy atom. The predicted molar refractivity (Wildman–Crippen MR) is 111 cm³/mol. The molecule has 2 aliphatic carbocycles. The van der Waals surface area contributed by atoms with Crippen molar-refractivity contribution in [1.82, 2.24) is 0 Å². The Hall–Kier alpha value is -0.650. The maximum atomic E-state index is 13.6. The van der Waals surface area contributed by atoms with Crippen molar-refractivity contribution in [2.24, 2.45) is 17.3 Å². The molecule has 1 spiro atoms. The van der Waals surface area contributed by atoms with Crippen molar-refractivity contribution in [2.45, 2.75) is 49.0 Å². The van der Waals surface area contributed by atoms with E-state index in [0.717, 1.165) is 18.6 Å². The van der Waals surface area contributed by atoms with Crippen molar-refractivity contribution in [1.29, 1.82) is 0 Å². The molecule has 27 heavy (non-hydrogen) atoms. The van der Waals surface area contributed by atoms with Gasteiger partial charge in [0.15, 0.2) is 0 Å². The van der Waals surface area contributed by atoms with E-state index in [2.05, 4.69) is 35.7 Å². The first-order chi connectivity index (χ1) is 13.2. The van der Waals surface area contributed by atoms with E-state index in [4.69, 9.17) is 9.47 Å². The van der Waals surface area contributed by atoms with Crippen LogP contribution in [-0.4, -0.2) is 34.8 Å². The Bertz CT molecular complexity index is 730. The van der Waals surface area contributed by atoms with Crippen molar-refractivity contribution in [2.75, 3.05) is 24.7 Å². The summed E-state index contributed by atoms with van der Waals surface area (Å²) in [4.78, 5) is 13.6. The van der Waals surface area contributed by atoms with Gasteiger partial charge in [-0.1, -0.05) is 31.0 Å². The van der Waals surface area contributed by atoms with Crippen LogP contribution in [0.4, 0.5) is 0 Å². The van der Waals surface area contributed by atoms with Gasteiger partial charge in [-0.05, 0) is 49.7 Å². The van der Waals surface area contributed by atoms with Gasteiger partial charge >= 0.3 is 5.97 Å². The molecule has 3 nitrogen and oxygen atoms in total. The topological polar surface area (TPSA) is 35.5 Å². The first kappa shape index (κ1) is 18.4. The van der Waals surface area contributed by atoms with Gasteiger partial charge in [0, 0.05) is 24.0 Å². The van der Waals surface area contributed by atoms with Crippen LogP contribution in [0, 0.1) is 17.3 Å². The Morgan fingerprint density at radius 2 is 1.89 bits per heavy atom. The maximum Gasteiger partial charge on any atom is 0.320 e. The second-order valence-electron chi connectivity index (χ2n) is 8.37. The monoisotopic (exact) mass is 404 g/mol. The zero-order valence-electron chi connectivity index (χ0n) is 15.9. The van der Waals surface area contributed by atoms with Gasteiger partial charge < -0.3 is 9.47 Å². The Labute approximate surface area is 170 Å². The lowest BCUT2D eigenvalue weighted by atomic mass is 9.51. The second kappa shape index (κ2) is 7.00. The van der Waals surface area contributed by atoms with E-state index in [1.807, 2.05) is 19.1 Å². The van der Waals surface area contributed by atoms with Crippen molar-refractivity contribution in [3.63, 3.8) is 0 Å². The lowest BCUT2D eigenvalue weighted by Gasteiger charge is -2.60. The maximum absolute atomic E-state index is 13.6. The van der Waals surface area contributed by atoms with Crippen LogP contribution in [0.25, 0.3) is 0 Å². The number of hydrogen-bond donors (Lipinski definition) is 0. The third kappa shape index (κ3) is 2.64. The van der Waals surface area contributed by atoms with Crippen molar-refractivity contribution >= 4 is 29.5 Å². The molecule has 2 saturated carbocycles. The van der Waals surface area contributed by atoms with Crippen LogP contribution in [0.5, 0.6) is 5.75 Å². The van der Waals surface area contributed by atoms with Gasteiger partial charge in [-0.25, -0.2) is 0 Å². The van der Waals surface area contributed by atoms with E-state index in [9.17, 15) is 4.79 Å². The summed E-state index contributed by atoms with van der Waals surface area (Å²) in [7, 11) is 0. The molecule has 2 heterocycles. The highest BCUT2D eigenvalue weighted by atomic mass is 32.2. The van der Waals surface area contributed by atoms with E-state index >= 15 is 0 Å². The van der Waals surface area contributed by atoms with E-state index in [0.29, 0.717) is 25.0 Å². The van der Waals surface area contributed by atoms with Crippen molar-refractivity contribution in [3.05, 3.63) is 29.8 Å². The minimum atomic E-state index is -0.510. The summed E-state index contributed by atoms with van der Waals surface area (Å²) in [5.41, 5.74) is 0.720. The minimum Gasteiger partial charge on any atom is -0.426 e. The van der Waals surface area contributed by atoms with E-state index in [-0.39, 0.29) is 16.0 Å². The molecule has 5 rings (SSSR count). The Kier molecular flexibility index (Phi) is 4.76. The number of benzene rings is 1. The van der Waals surface area contributed by atoms with Crippen LogP contribution >= 0.6 is 23.5 Å². The van der Waals surface area contributed by atoms with Crippen LogP contribution in [-0.2, 0) is 9.53 Å². The number of carbonyl (C=O) groups is 1. The quantitative estimate of drug-likeness (QED) is 0.517. The molecule has 0 aromatic heterocycles. The van der Waals surface area contributed by atoms with Gasteiger partial charge in [-0.2, -0.15) is 0 Å². The average molecular weight is 405 g/mol. The Balaban J connectivity index is 1.67. The lowest BCUT2D eigenvalue weighted by molar-refractivity contribution is -0.169. The molecule has 4 atom stereocenters. The number of thioether (sulfide) groups is 2. The van der Waals surface area contributed by atoms with Gasteiger partial charge in [0.2, 0.25) is 0 Å². The largest absolute Gasteiger partial charge is 0.426 e. The molecule has 1 aromatic carbocycles. The fourth-order valence-electron chi connectivity index (χ4n) is 6.23. The molecule has 4 aliphatic rings. The summed E-state index contributed by atoms with van der Waals surface area (Å²) < 4.78 is 12.2. The molecular formula is C22H28O3S2. The van der Waals surface area contributed by atoms with Gasteiger partial charge in [-0.3, -0.25) is 4.79 Å². The van der Waals surface area contributed by atoms with Gasteiger partial charge in [0.05, 0.1) is 10.7 Å². The lowest BCUT2D eigenvalue weighted by Crippen LogP contribution is -2.61. The molecule has 4 unspecified atom stereocenters. The highest BCUT2D eigenvalue weighted by Gasteiger charge is 2.67. The molecule has 0 N–H and O–H groups in total. The van der Waals surface area contributed by atoms with Gasteiger partial charge in [0.25, 0.3) is 0 Å². The molecule has 0 amide bonds. The molecule has 2 aliphatic heterocycles. The first-order valence-electron chi connectivity index (χ1n) is 10.4. The third-order valence-electron chi connectivity index (χ3n) is 7.30. The SMILES string of the molecule is CCOCC12C(=O)Oc3ccccc3C1CC1(SCCS1)C1CCCCC12. The second-order valence-corrected chi connectivity index (χ2v) is 11.5. The summed E-state index contributed by atoms with van der Waals surface area (Å²) in [6.45, 7) is 3.18. The van der Waals surface area contributed by atoms with E-state index in [1.165, 1.54) is 36.3 Å². The van der Waals surface area contributed by atoms with Crippen LogP contribution in [0.15, 0.2) is 24.3 Å². The van der Waals surface area contributed by atoms with E-state index < -0.39 is 5.41 Å². The first-order valence-corrected chi connectivity index (χ1v) is 12.4. The zero-order valence-corrected chi connectivity index (χ0v) is 17.6. The highest BCUT2D eigenvalue weighted by Crippen LogP contribution is 2.70. The fourth-order valence-corrected chi connectivity index (χ4v) is 9.98. The van der Waals surface area contributed by atoms with Crippen LogP contribution in [0.2, 0.25) is 0 Å². The normalized spacial score (nSPS) is 36.6. The van der Waals surface area contributed by atoms with Gasteiger partial charge in [0.1, 0.15) is 11.2 Å². The van der Waals surface area contributed by atoms with Crippen LogP contribution in [0.1, 0.15) is 50.5 Å². The number of fused-ring (bicyclic) bond motifs is 6. The smallest absolute Gasteiger partial charge is 0.320 e. The molecule has 1 saturated heterocycles. The van der Waals surface area contributed by atoms with Crippen LogP contribution in [0.3, 0.4) is 0 Å². The molecular weight excluding hydrogens is 376 g/mol. The van der Waals surface area contributed by atoms with Crippen LogP contribution < -0.4 is 4.74 Å². The number of ether oxygens (including phenoxy) is 2. The number of rotatable bonds is 3. The molecule has 5 heteroatoms. The number of hydrogen-bond acceptors (Lipinski definition) is 5. The molecule has 1 aromatic rings. The molecule has 3 fully saturated rings. The van der Waals surface area contributed by atoms with Crippen molar-refractivity contribution in [3.8, 4) is 5.75 Å². The fraction of sp³-hybridized carbons (Fsp3) is 0.682. The summed E-state index contributed by atoms with van der Waals surface area (Å²) in [6, 6.07) is 8.22. The number of esters is 1. The zero-order chi connectivity index (χ0) is 18.5.